The van der Waals surface area contributed by atoms with Gasteiger partial charge in [-0.1, -0.05) is 18.2 Å². The van der Waals surface area contributed by atoms with Crippen molar-refractivity contribution in [3.8, 4) is 0 Å². The second-order valence-corrected chi connectivity index (χ2v) is 5.89. The van der Waals surface area contributed by atoms with Crippen molar-refractivity contribution in [3.63, 3.8) is 0 Å². The number of hydrogen-bond donors (Lipinski definition) is 2. The number of anilines is 1. The molecule has 1 aromatic rings. The highest BCUT2D eigenvalue weighted by molar-refractivity contribution is 5.79. The van der Waals surface area contributed by atoms with Crippen LogP contribution in [0.5, 0.6) is 0 Å². The number of carbonyl (C=O) groups excluding carboxylic acids is 1. The maximum atomic E-state index is 12.4. The Morgan fingerprint density at radius 2 is 2.15 bits per heavy atom. The van der Waals surface area contributed by atoms with Gasteiger partial charge in [0.1, 0.15) is 0 Å². The lowest BCUT2D eigenvalue weighted by molar-refractivity contribution is -0.126. The summed E-state index contributed by atoms with van der Waals surface area (Å²) in [5.74, 6) is 0.364. The zero-order valence-electron chi connectivity index (χ0n) is 11.8. The molecule has 3 heteroatoms. The highest BCUT2D eigenvalue weighted by Gasteiger charge is 2.25. The van der Waals surface area contributed by atoms with E-state index in [1.807, 2.05) is 6.07 Å². The lowest BCUT2D eigenvalue weighted by Crippen LogP contribution is -2.35. The third-order valence-corrected chi connectivity index (χ3v) is 4.44. The Bertz CT molecular complexity index is 536. The van der Waals surface area contributed by atoms with Crippen molar-refractivity contribution in [2.75, 3.05) is 5.73 Å². The van der Waals surface area contributed by atoms with E-state index >= 15 is 0 Å². The highest BCUT2D eigenvalue weighted by atomic mass is 16.1. The van der Waals surface area contributed by atoms with E-state index in [9.17, 15) is 4.79 Å². The third kappa shape index (κ3) is 2.72. The van der Waals surface area contributed by atoms with Crippen molar-refractivity contribution in [2.45, 2.75) is 44.6 Å². The van der Waals surface area contributed by atoms with Crippen molar-refractivity contribution < 1.29 is 4.79 Å². The van der Waals surface area contributed by atoms with Gasteiger partial charge in [0, 0.05) is 11.6 Å². The second-order valence-electron chi connectivity index (χ2n) is 5.89. The molecule has 0 saturated carbocycles. The van der Waals surface area contributed by atoms with Crippen LogP contribution in [0.3, 0.4) is 0 Å². The zero-order chi connectivity index (χ0) is 13.9. The van der Waals surface area contributed by atoms with E-state index in [1.165, 1.54) is 11.1 Å². The molecule has 0 aromatic heterocycles. The average Bonchev–Trinajstić information content (AvgIpc) is 2.48. The molecule has 106 valence electrons. The minimum absolute atomic E-state index is 0.152. The molecule has 2 unspecified atom stereocenters. The Hall–Kier alpha value is -1.77. The first-order valence-electron chi connectivity index (χ1n) is 7.57. The fourth-order valence-corrected chi connectivity index (χ4v) is 3.31. The molecule has 0 heterocycles. The molecule has 1 amide bonds. The normalized spacial score (nSPS) is 25.0. The molecule has 0 saturated heterocycles. The molecule has 0 fully saturated rings. The maximum Gasteiger partial charge on any atom is 0.223 e. The predicted molar refractivity (Wildman–Crippen MR) is 81.2 cm³/mol. The second kappa shape index (κ2) is 5.70. The van der Waals surface area contributed by atoms with Crippen molar-refractivity contribution >= 4 is 11.6 Å². The zero-order valence-corrected chi connectivity index (χ0v) is 11.8. The predicted octanol–water partition coefficient (Wildman–Crippen LogP) is 3.12. The largest absolute Gasteiger partial charge is 0.399 e. The lowest BCUT2D eigenvalue weighted by Gasteiger charge is -2.28. The summed E-state index contributed by atoms with van der Waals surface area (Å²) in [6, 6.07) is 6.23. The van der Waals surface area contributed by atoms with E-state index in [2.05, 4.69) is 29.6 Å². The summed E-state index contributed by atoms with van der Waals surface area (Å²) in [7, 11) is 0. The standard InChI is InChI=1S/C17H22N2O/c18-14-9-10-15-13(11-14)7-4-8-16(15)19-17(20)12-5-2-1-3-6-12/h1-2,9-12,16H,3-8,18H2,(H,19,20). The van der Waals surface area contributed by atoms with Gasteiger partial charge in [-0.2, -0.15) is 0 Å². The number of nitrogen functional groups attached to an aromatic ring is 1. The molecule has 1 aromatic carbocycles. The maximum absolute atomic E-state index is 12.4. The Balaban J connectivity index is 1.72. The van der Waals surface area contributed by atoms with Crippen LogP contribution < -0.4 is 11.1 Å². The molecule has 0 spiro atoms. The Morgan fingerprint density at radius 3 is 2.95 bits per heavy atom. The summed E-state index contributed by atoms with van der Waals surface area (Å²) in [6.07, 6.45) is 10.4. The number of hydrogen-bond acceptors (Lipinski definition) is 2. The van der Waals surface area contributed by atoms with Crippen LogP contribution in [0.4, 0.5) is 5.69 Å². The Labute approximate surface area is 120 Å². The van der Waals surface area contributed by atoms with Crippen LogP contribution in [0.15, 0.2) is 30.4 Å². The van der Waals surface area contributed by atoms with Crippen LogP contribution in [0.25, 0.3) is 0 Å². The molecule has 20 heavy (non-hydrogen) atoms. The van der Waals surface area contributed by atoms with E-state index in [4.69, 9.17) is 5.73 Å². The SMILES string of the molecule is Nc1ccc2c(c1)CCCC2NC(=O)C1CC=CCC1. The topological polar surface area (TPSA) is 55.1 Å². The number of aryl methyl sites for hydroxylation is 1. The summed E-state index contributed by atoms with van der Waals surface area (Å²) < 4.78 is 0. The van der Waals surface area contributed by atoms with Gasteiger partial charge in [-0.25, -0.2) is 0 Å². The minimum Gasteiger partial charge on any atom is -0.399 e. The molecule has 2 aliphatic carbocycles. The fourth-order valence-electron chi connectivity index (χ4n) is 3.31. The fraction of sp³-hybridized carbons (Fsp3) is 0.471. The molecular formula is C17H22N2O. The number of amides is 1. The number of benzene rings is 1. The lowest BCUT2D eigenvalue weighted by atomic mass is 9.86. The van der Waals surface area contributed by atoms with Gasteiger partial charge >= 0.3 is 0 Å². The van der Waals surface area contributed by atoms with Gasteiger partial charge in [0.2, 0.25) is 5.91 Å². The first-order chi connectivity index (χ1) is 9.74. The van der Waals surface area contributed by atoms with Gasteiger partial charge in [-0.15, -0.1) is 0 Å². The highest BCUT2D eigenvalue weighted by Crippen LogP contribution is 2.31. The van der Waals surface area contributed by atoms with Gasteiger partial charge in [0.05, 0.1) is 6.04 Å². The summed E-state index contributed by atoms with van der Waals surface area (Å²) in [4.78, 5) is 12.4. The summed E-state index contributed by atoms with van der Waals surface area (Å²) in [5.41, 5.74) is 9.21. The monoisotopic (exact) mass is 270 g/mol. The van der Waals surface area contributed by atoms with Crippen molar-refractivity contribution in [2.24, 2.45) is 5.92 Å². The summed E-state index contributed by atoms with van der Waals surface area (Å²) >= 11 is 0. The number of fused-ring (bicyclic) bond motifs is 1. The molecule has 3 rings (SSSR count). The van der Waals surface area contributed by atoms with E-state index in [0.29, 0.717) is 0 Å². The van der Waals surface area contributed by atoms with Crippen molar-refractivity contribution in [3.05, 3.63) is 41.5 Å². The number of allylic oxidation sites excluding steroid dienone is 2. The number of nitrogens with one attached hydrogen (secondary N) is 1. The van der Waals surface area contributed by atoms with E-state index in [0.717, 1.165) is 44.2 Å². The van der Waals surface area contributed by atoms with Crippen molar-refractivity contribution in [1.82, 2.24) is 5.32 Å². The van der Waals surface area contributed by atoms with Crippen LogP contribution in [-0.2, 0) is 11.2 Å². The Morgan fingerprint density at radius 1 is 1.25 bits per heavy atom. The molecule has 0 radical (unpaired) electrons. The molecule has 3 nitrogen and oxygen atoms in total. The van der Waals surface area contributed by atoms with E-state index in [-0.39, 0.29) is 17.9 Å². The minimum atomic E-state index is 0.152. The van der Waals surface area contributed by atoms with Crippen LogP contribution >= 0.6 is 0 Å². The van der Waals surface area contributed by atoms with Gasteiger partial charge in [-0.3, -0.25) is 4.79 Å². The van der Waals surface area contributed by atoms with Crippen LogP contribution in [-0.4, -0.2) is 5.91 Å². The van der Waals surface area contributed by atoms with E-state index < -0.39 is 0 Å². The summed E-state index contributed by atoms with van der Waals surface area (Å²) in [6.45, 7) is 0. The van der Waals surface area contributed by atoms with E-state index in [1.54, 1.807) is 0 Å². The number of carbonyl (C=O) groups is 1. The number of rotatable bonds is 2. The Kier molecular flexibility index (Phi) is 3.77. The molecule has 2 atom stereocenters. The first-order valence-corrected chi connectivity index (χ1v) is 7.57. The molecule has 0 bridgehead atoms. The molecule has 2 aliphatic rings. The van der Waals surface area contributed by atoms with Crippen molar-refractivity contribution in [1.29, 1.82) is 0 Å². The number of nitrogens with two attached hydrogens (primary N) is 1. The molecular weight excluding hydrogens is 248 g/mol. The quantitative estimate of drug-likeness (QED) is 0.641. The smallest absolute Gasteiger partial charge is 0.223 e. The van der Waals surface area contributed by atoms with Gasteiger partial charge < -0.3 is 11.1 Å². The first kappa shape index (κ1) is 13.2. The molecule has 0 aliphatic heterocycles. The van der Waals surface area contributed by atoms with Crippen LogP contribution in [0, 0.1) is 5.92 Å². The van der Waals surface area contributed by atoms with Crippen LogP contribution in [0.2, 0.25) is 0 Å². The molecule has 3 N–H and O–H groups in total. The van der Waals surface area contributed by atoms with Crippen LogP contribution in [0.1, 0.15) is 49.3 Å². The summed E-state index contributed by atoms with van der Waals surface area (Å²) in [5, 5.41) is 3.25. The average molecular weight is 270 g/mol. The van der Waals surface area contributed by atoms with Gasteiger partial charge in [0.15, 0.2) is 0 Å². The van der Waals surface area contributed by atoms with Gasteiger partial charge in [0.25, 0.3) is 0 Å². The van der Waals surface area contributed by atoms with Gasteiger partial charge in [-0.05, 0) is 61.8 Å². The third-order valence-electron chi connectivity index (χ3n) is 4.44.